The summed E-state index contributed by atoms with van der Waals surface area (Å²) < 4.78 is 0. The number of amides is 1. The molecule has 0 aromatic heterocycles. The lowest BCUT2D eigenvalue weighted by atomic mass is 10.2. The van der Waals surface area contributed by atoms with Gasteiger partial charge in [0.1, 0.15) is 12.7 Å². The molecule has 1 unspecified atom stereocenters. The highest BCUT2D eigenvalue weighted by molar-refractivity contribution is 5.79. The van der Waals surface area contributed by atoms with Gasteiger partial charge in [-0.1, -0.05) is 5.22 Å². The molecular formula is C12H13N5O3. The minimum absolute atomic E-state index is 0.0266. The van der Waals surface area contributed by atoms with Crippen LogP contribution in [0.15, 0.2) is 34.6 Å². The monoisotopic (exact) mass is 275 g/mol. The molecule has 1 atom stereocenters. The molecule has 104 valence electrons. The van der Waals surface area contributed by atoms with Gasteiger partial charge in [0.25, 0.3) is 5.69 Å². The van der Waals surface area contributed by atoms with Gasteiger partial charge in [0.15, 0.2) is 0 Å². The normalized spacial score (nSPS) is 21.8. The van der Waals surface area contributed by atoms with Crippen molar-refractivity contribution in [2.45, 2.75) is 19.0 Å². The van der Waals surface area contributed by atoms with Gasteiger partial charge in [0.2, 0.25) is 5.91 Å². The van der Waals surface area contributed by atoms with Crippen LogP contribution in [0.25, 0.3) is 0 Å². The molecule has 1 amide bonds. The van der Waals surface area contributed by atoms with Gasteiger partial charge in [0.05, 0.1) is 10.6 Å². The Kier molecular flexibility index (Phi) is 3.05. The quantitative estimate of drug-likeness (QED) is 0.620. The standard InChI is InChI=1S/C12H13N5O3/c18-12-2-1-7-15(12)11-8-13-14-16(11)9-3-5-10(6-4-9)17(19)20/h3-6,11H,1-2,7-8H2. The minimum Gasteiger partial charge on any atom is -0.319 e. The summed E-state index contributed by atoms with van der Waals surface area (Å²) in [4.78, 5) is 23.8. The van der Waals surface area contributed by atoms with Crippen molar-refractivity contribution in [3.8, 4) is 0 Å². The number of nitro groups is 1. The molecule has 1 aromatic carbocycles. The van der Waals surface area contributed by atoms with Crippen molar-refractivity contribution in [2.24, 2.45) is 10.3 Å². The van der Waals surface area contributed by atoms with Crippen molar-refractivity contribution in [3.05, 3.63) is 34.4 Å². The third-order valence-corrected chi connectivity index (χ3v) is 3.48. The minimum atomic E-state index is -0.448. The third kappa shape index (κ3) is 2.09. The molecule has 2 aliphatic rings. The second-order valence-corrected chi connectivity index (χ2v) is 4.70. The Bertz CT molecular complexity index is 571. The van der Waals surface area contributed by atoms with E-state index in [1.165, 1.54) is 12.1 Å². The van der Waals surface area contributed by atoms with E-state index in [9.17, 15) is 14.9 Å². The predicted octanol–water partition coefficient (Wildman–Crippen LogP) is 1.73. The summed E-state index contributed by atoms with van der Waals surface area (Å²) in [6.07, 6.45) is 1.19. The molecule has 8 heteroatoms. The first-order valence-corrected chi connectivity index (χ1v) is 6.37. The van der Waals surface area contributed by atoms with Crippen LogP contribution in [0.1, 0.15) is 12.8 Å². The van der Waals surface area contributed by atoms with Gasteiger partial charge in [-0.05, 0) is 18.6 Å². The lowest BCUT2D eigenvalue weighted by Gasteiger charge is -2.29. The topological polar surface area (TPSA) is 91.4 Å². The van der Waals surface area contributed by atoms with Crippen LogP contribution in [-0.2, 0) is 4.79 Å². The predicted molar refractivity (Wildman–Crippen MR) is 70.0 cm³/mol. The van der Waals surface area contributed by atoms with Crippen molar-refractivity contribution < 1.29 is 9.72 Å². The Morgan fingerprint density at radius 2 is 2.05 bits per heavy atom. The number of non-ortho nitro benzene ring substituents is 1. The third-order valence-electron chi connectivity index (χ3n) is 3.48. The number of rotatable bonds is 3. The van der Waals surface area contributed by atoms with Gasteiger partial charge in [-0.2, -0.15) is 5.11 Å². The van der Waals surface area contributed by atoms with Crippen molar-refractivity contribution in [3.63, 3.8) is 0 Å². The van der Waals surface area contributed by atoms with Crippen LogP contribution >= 0.6 is 0 Å². The fourth-order valence-electron chi connectivity index (χ4n) is 2.48. The highest BCUT2D eigenvalue weighted by atomic mass is 16.6. The van der Waals surface area contributed by atoms with Crippen LogP contribution in [-0.4, -0.2) is 35.0 Å². The smallest absolute Gasteiger partial charge is 0.269 e. The largest absolute Gasteiger partial charge is 0.319 e. The zero-order valence-corrected chi connectivity index (χ0v) is 10.7. The average molecular weight is 275 g/mol. The van der Waals surface area contributed by atoms with E-state index in [4.69, 9.17) is 0 Å². The molecule has 1 saturated heterocycles. The molecule has 0 N–H and O–H groups in total. The van der Waals surface area contributed by atoms with Crippen LogP contribution in [0.2, 0.25) is 0 Å². The van der Waals surface area contributed by atoms with E-state index in [1.54, 1.807) is 22.0 Å². The molecular weight excluding hydrogens is 262 g/mol. The van der Waals surface area contributed by atoms with Gasteiger partial charge in [-0.3, -0.25) is 14.9 Å². The number of carbonyl (C=O) groups excluding carboxylic acids is 1. The molecule has 2 heterocycles. The van der Waals surface area contributed by atoms with Crippen molar-refractivity contribution in [1.82, 2.24) is 4.90 Å². The molecule has 1 aromatic rings. The Morgan fingerprint density at radius 3 is 2.65 bits per heavy atom. The summed E-state index contributed by atoms with van der Waals surface area (Å²) in [5.41, 5.74) is 0.722. The second-order valence-electron chi connectivity index (χ2n) is 4.70. The SMILES string of the molecule is O=C1CCCN1C1CN=NN1c1ccc([N+](=O)[O-])cc1. The van der Waals surface area contributed by atoms with Crippen LogP contribution in [0.4, 0.5) is 11.4 Å². The lowest BCUT2D eigenvalue weighted by molar-refractivity contribution is -0.384. The molecule has 0 bridgehead atoms. The van der Waals surface area contributed by atoms with Crippen molar-refractivity contribution in [1.29, 1.82) is 0 Å². The summed E-state index contributed by atoms with van der Waals surface area (Å²) >= 11 is 0. The number of hydrogen-bond acceptors (Lipinski definition) is 6. The highest BCUT2D eigenvalue weighted by Gasteiger charge is 2.35. The molecule has 2 aliphatic heterocycles. The van der Waals surface area contributed by atoms with E-state index in [-0.39, 0.29) is 17.8 Å². The van der Waals surface area contributed by atoms with Gasteiger partial charge >= 0.3 is 0 Å². The van der Waals surface area contributed by atoms with E-state index >= 15 is 0 Å². The summed E-state index contributed by atoms with van der Waals surface area (Å²) in [6, 6.07) is 6.09. The van der Waals surface area contributed by atoms with E-state index in [1.807, 2.05) is 0 Å². The molecule has 0 aliphatic carbocycles. The molecule has 0 spiro atoms. The number of carbonyl (C=O) groups is 1. The number of anilines is 1. The Morgan fingerprint density at radius 1 is 1.30 bits per heavy atom. The first-order chi connectivity index (χ1) is 9.66. The summed E-state index contributed by atoms with van der Waals surface area (Å²) in [5.74, 6) is 0.106. The van der Waals surface area contributed by atoms with E-state index in [2.05, 4.69) is 10.3 Å². The molecule has 0 radical (unpaired) electrons. The molecule has 1 fully saturated rings. The molecule has 20 heavy (non-hydrogen) atoms. The molecule has 0 saturated carbocycles. The zero-order chi connectivity index (χ0) is 14.1. The highest BCUT2D eigenvalue weighted by Crippen LogP contribution is 2.28. The molecule has 8 nitrogen and oxygen atoms in total. The van der Waals surface area contributed by atoms with E-state index in [0.29, 0.717) is 25.2 Å². The Labute approximate surface area is 114 Å². The van der Waals surface area contributed by atoms with Gasteiger partial charge < -0.3 is 4.90 Å². The number of benzene rings is 1. The number of likely N-dealkylation sites (tertiary alicyclic amines) is 1. The number of hydrogen-bond donors (Lipinski definition) is 0. The Balaban J connectivity index is 1.82. The van der Waals surface area contributed by atoms with Crippen LogP contribution in [0.3, 0.4) is 0 Å². The van der Waals surface area contributed by atoms with Crippen LogP contribution in [0, 0.1) is 10.1 Å². The maximum absolute atomic E-state index is 11.8. The Hall–Kier alpha value is -2.51. The maximum atomic E-state index is 11.8. The maximum Gasteiger partial charge on any atom is 0.269 e. The van der Waals surface area contributed by atoms with Crippen LogP contribution < -0.4 is 5.01 Å². The van der Waals surface area contributed by atoms with E-state index < -0.39 is 4.92 Å². The summed E-state index contributed by atoms with van der Waals surface area (Å²) in [6.45, 7) is 1.14. The van der Waals surface area contributed by atoms with Gasteiger partial charge in [-0.15, -0.1) is 0 Å². The fraction of sp³-hybridized carbons (Fsp3) is 0.417. The zero-order valence-electron chi connectivity index (χ0n) is 10.7. The van der Waals surface area contributed by atoms with Crippen molar-refractivity contribution >= 4 is 17.3 Å². The van der Waals surface area contributed by atoms with Crippen molar-refractivity contribution in [2.75, 3.05) is 18.1 Å². The second kappa shape index (κ2) is 4.87. The summed E-state index contributed by atoms with van der Waals surface area (Å²) in [5, 5.41) is 20.3. The average Bonchev–Trinajstić information content (AvgIpc) is 3.07. The van der Waals surface area contributed by atoms with Crippen LogP contribution in [0.5, 0.6) is 0 Å². The molecule has 3 rings (SSSR count). The first kappa shape index (κ1) is 12.5. The first-order valence-electron chi connectivity index (χ1n) is 6.37. The van der Waals surface area contributed by atoms with Gasteiger partial charge in [0, 0.05) is 25.1 Å². The fourth-order valence-corrected chi connectivity index (χ4v) is 2.48. The summed E-state index contributed by atoms with van der Waals surface area (Å²) in [7, 11) is 0. The van der Waals surface area contributed by atoms with Gasteiger partial charge in [-0.25, -0.2) is 5.01 Å². The number of nitrogens with zero attached hydrogens (tertiary/aromatic N) is 5. The number of nitro benzene ring substituents is 1. The van der Waals surface area contributed by atoms with E-state index in [0.717, 1.165) is 6.42 Å². The lowest BCUT2D eigenvalue weighted by Crippen LogP contribution is -2.46.